The van der Waals surface area contributed by atoms with Crippen molar-refractivity contribution in [1.29, 1.82) is 0 Å². The number of likely N-dealkylation sites (N-methyl/N-ethyl adjacent to an activating group) is 1. The van der Waals surface area contributed by atoms with Crippen LogP contribution in [0.2, 0.25) is 0 Å². The molecule has 0 saturated heterocycles. The summed E-state index contributed by atoms with van der Waals surface area (Å²) >= 11 is 0. The lowest BCUT2D eigenvalue weighted by molar-refractivity contribution is 0.275. The molecule has 0 aliphatic rings. The Balaban J connectivity index is 1.61. The highest BCUT2D eigenvalue weighted by atomic mass is 32.2. The number of sulfonamides is 1. The first kappa shape index (κ1) is 19.1. The highest BCUT2D eigenvalue weighted by Crippen LogP contribution is 2.17. The van der Waals surface area contributed by atoms with Gasteiger partial charge in [-0.05, 0) is 17.7 Å². The molecule has 0 radical (unpaired) electrons. The van der Waals surface area contributed by atoms with Gasteiger partial charge in [-0.3, -0.25) is 4.68 Å². The van der Waals surface area contributed by atoms with E-state index in [0.29, 0.717) is 6.54 Å². The quantitative estimate of drug-likeness (QED) is 0.594. The van der Waals surface area contributed by atoms with Crippen molar-refractivity contribution in [3.05, 3.63) is 78.4 Å². The fourth-order valence-corrected chi connectivity index (χ4v) is 3.59. The lowest BCUT2D eigenvalue weighted by Crippen LogP contribution is -2.30. The van der Waals surface area contributed by atoms with E-state index in [2.05, 4.69) is 5.10 Å². The molecule has 27 heavy (non-hydrogen) atoms. The van der Waals surface area contributed by atoms with Gasteiger partial charge in [-0.2, -0.15) is 9.40 Å². The molecule has 2 aromatic carbocycles. The lowest BCUT2D eigenvalue weighted by atomic mass is 10.2. The Kier molecular flexibility index (Phi) is 5.88. The Bertz CT molecular complexity index is 990. The van der Waals surface area contributed by atoms with E-state index in [-0.39, 0.29) is 23.8 Å². The summed E-state index contributed by atoms with van der Waals surface area (Å²) in [4.78, 5) is 0.104. The van der Waals surface area contributed by atoms with Crippen molar-refractivity contribution in [1.82, 2.24) is 14.1 Å². The van der Waals surface area contributed by atoms with Crippen molar-refractivity contribution in [3.8, 4) is 5.75 Å². The average Bonchev–Trinajstić information content (AvgIpc) is 3.13. The molecule has 142 valence electrons. The summed E-state index contributed by atoms with van der Waals surface area (Å²) < 4.78 is 46.9. The van der Waals surface area contributed by atoms with Crippen LogP contribution in [-0.2, 0) is 16.6 Å². The van der Waals surface area contributed by atoms with Gasteiger partial charge in [-0.15, -0.1) is 0 Å². The van der Waals surface area contributed by atoms with Crippen LogP contribution in [0.4, 0.5) is 4.39 Å². The minimum atomic E-state index is -3.70. The Morgan fingerprint density at radius 2 is 1.81 bits per heavy atom. The number of rotatable bonds is 8. The number of hydrogen-bond acceptors (Lipinski definition) is 4. The van der Waals surface area contributed by atoms with Crippen molar-refractivity contribution >= 4 is 10.0 Å². The van der Waals surface area contributed by atoms with Gasteiger partial charge in [0.25, 0.3) is 0 Å². The first-order chi connectivity index (χ1) is 13.0. The predicted molar refractivity (Wildman–Crippen MR) is 99.5 cm³/mol. The second-order valence-electron chi connectivity index (χ2n) is 5.96. The van der Waals surface area contributed by atoms with Crippen LogP contribution in [0.3, 0.4) is 0 Å². The number of halogens is 1. The maximum absolute atomic E-state index is 13.5. The molecule has 0 amide bonds. The van der Waals surface area contributed by atoms with Crippen LogP contribution >= 0.6 is 0 Å². The summed E-state index contributed by atoms with van der Waals surface area (Å²) in [5.74, 6) is -0.385. The fraction of sp³-hybridized carbons (Fsp3) is 0.211. The van der Waals surface area contributed by atoms with Crippen molar-refractivity contribution in [3.63, 3.8) is 0 Å². The number of nitrogens with zero attached hydrogens (tertiary/aromatic N) is 3. The molecule has 1 aromatic heterocycles. The minimum absolute atomic E-state index is 0.0365. The van der Waals surface area contributed by atoms with E-state index in [0.717, 1.165) is 9.87 Å². The highest BCUT2D eigenvalue weighted by molar-refractivity contribution is 7.89. The lowest BCUT2D eigenvalue weighted by Gasteiger charge is -2.16. The molecule has 0 aliphatic carbocycles. The molecule has 0 N–H and O–H groups in total. The average molecular weight is 389 g/mol. The summed E-state index contributed by atoms with van der Waals surface area (Å²) in [6.07, 6.45) is 2.82. The van der Waals surface area contributed by atoms with E-state index in [9.17, 15) is 12.8 Å². The molecule has 0 spiro atoms. The standard InChI is InChI=1S/C19H20FN3O3S/c1-22(11-12-26-19-10-6-5-9-18(19)20)27(24,25)17-13-21-23(15-17)14-16-7-3-2-4-8-16/h2-10,13,15H,11-12,14H2,1H3. The molecule has 3 rings (SSSR count). The zero-order valence-electron chi connectivity index (χ0n) is 14.8. The largest absolute Gasteiger partial charge is 0.489 e. The Labute approximate surface area is 157 Å². The Morgan fingerprint density at radius 3 is 2.56 bits per heavy atom. The maximum atomic E-state index is 13.5. The van der Waals surface area contributed by atoms with Gasteiger partial charge < -0.3 is 4.74 Å². The van der Waals surface area contributed by atoms with Crippen molar-refractivity contribution in [2.24, 2.45) is 0 Å². The summed E-state index contributed by atoms with van der Waals surface area (Å²) in [6, 6.07) is 15.6. The highest BCUT2D eigenvalue weighted by Gasteiger charge is 2.22. The number of aromatic nitrogens is 2. The first-order valence-corrected chi connectivity index (χ1v) is 9.81. The molecule has 0 fully saturated rings. The predicted octanol–water partition coefficient (Wildman–Crippen LogP) is 2.77. The number of hydrogen-bond donors (Lipinski definition) is 0. The van der Waals surface area contributed by atoms with Crippen molar-refractivity contribution < 1.29 is 17.5 Å². The normalized spacial score (nSPS) is 11.7. The SMILES string of the molecule is CN(CCOc1ccccc1F)S(=O)(=O)c1cnn(Cc2ccccc2)c1. The van der Waals surface area contributed by atoms with Gasteiger partial charge in [0.05, 0.1) is 12.7 Å². The molecular weight excluding hydrogens is 369 g/mol. The molecule has 0 atom stereocenters. The van der Waals surface area contributed by atoms with Crippen LogP contribution in [-0.4, -0.2) is 42.7 Å². The van der Waals surface area contributed by atoms with Gasteiger partial charge in [0.15, 0.2) is 11.6 Å². The minimum Gasteiger partial charge on any atom is -0.489 e. The molecule has 0 aliphatic heterocycles. The van der Waals surface area contributed by atoms with Gasteiger partial charge >= 0.3 is 0 Å². The molecule has 0 saturated carbocycles. The van der Waals surface area contributed by atoms with Crippen LogP contribution in [0, 0.1) is 5.82 Å². The topological polar surface area (TPSA) is 64.4 Å². The van der Waals surface area contributed by atoms with Crippen LogP contribution in [0.25, 0.3) is 0 Å². The summed E-state index contributed by atoms with van der Waals surface area (Å²) in [5.41, 5.74) is 1.02. The fourth-order valence-electron chi connectivity index (χ4n) is 2.48. The summed E-state index contributed by atoms with van der Waals surface area (Å²) in [5, 5.41) is 4.13. The smallest absolute Gasteiger partial charge is 0.246 e. The van der Waals surface area contributed by atoms with Crippen molar-refractivity contribution in [2.75, 3.05) is 20.2 Å². The van der Waals surface area contributed by atoms with Gasteiger partial charge in [0.1, 0.15) is 11.5 Å². The molecule has 1 heterocycles. The zero-order chi connectivity index (χ0) is 19.3. The third-order valence-electron chi connectivity index (χ3n) is 4.01. The Hall–Kier alpha value is -2.71. The summed E-state index contributed by atoms with van der Waals surface area (Å²) in [6.45, 7) is 0.603. The second-order valence-corrected chi connectivity index (χ2v) is 8.01. The molecular formula is C19H20FN3O3S. The number of benzene rings is 2. The van der Waals surface area contributed by atoms with E-state index < -0.39 is 15.8 Å². The van der Waals surface area contributed by atoms with E-state index in [1.165, 1.54) is 31.6 Å². The van der Waals surface area contributed by atoms with E-state index in [1.54, 1.807) is 16.8 Å². The van der Waals surface area contributed by atoms with Gasteiger partial charge in [-0.25, -0.2) is 12.8 Å². The van der Waals surface area contributed by atoms with E-state index in [4.69, 9.17) is 4.74 Å². The monoisotopic (exact) mass is 389 g/mol. The Morgan fingerprint density at radius 1 is 1.11 bits per heavy atom. The first-order valence-electron chi connectivity index (χ1n) is 8.37. The maximum Gasteiger partial charge on any atom is 0.246 e. The third kappa shape index (κ3) is 4.72. The molecule has 0 bridgehead atoms. The second kappa shape index (κ2) is 8.32. The van der Waals surface area contributed by atoms with Crippen LogP contribution in [0.1, 0.15) is 5.56 Å². The van der Waals surface area contributed by atoms with E-state index >= 15 is 0 Å². The number of ether oxygens (including phenoxy) is 1. The van der Waals surface area contributed by atoms with Crippen LogP contribution < -0.4 is 4.74 Å². The van der Waals surface area contributed by atoms with Gasteiger partial charge in [0.2, 0.25) is 10.0 Å². The van der Waals surface area contributed by atoms with Crippen LogP contribution in [0.15, 0.2) is 71.9 Å². The molecule has 6 nitrogen and oxygen atoms in total. The van der Waals surface area contributed by atoms with E-state index in [1.807, 2.05) is 30.3 Å². The van der Waals surface area contributed by atoms with Gasteiger partial charge in [0, 0.05) is 19.8 Å². The van der Waals surface area contributed by atoms with Crippen molar-refractivity contribution in [2.45, 2.75) is 11.4 Å². The van der Waals surface area contributed by atoms with Crippen LogP contribution in [0.5, 0.6) is 5.75 Å². The molecule has 3 aromatic rings. The molecule has 0 unspecified atom stereocenters. The number of para-hydroxylation sites is 1. The zero-order valence-corrected chi connectivity index (χ0v) is 15.6. The molecule has 8 heteroatoms. The van der Waals surface area contributed by atoms with Gasteiger partial charge in [-0.1, -0.05) is 42.5 Å². The third-order valence-corrected chi connectivity index (χ3v) is 5.82. The summed E-state index contributed by atoms with van der Waals surface area (Å²) in [7, 11) is -2.25.